The fourth-order valence-electron chi connectivity index (χ4n) is 4.33. The van der Waals surface area contributed by atoms with Gasteiger partial charge in [-0.25, -0.2) is 15.0 Å². The summed E-state index contributed by atoms with van der Waals surface area (Å²) in [5, 5.41) is 20.2. The summed E-state index contributed by atoms with van der Waals surface area (Å²) >= 11 is 1.48. The van der Waals surface area contributed by atoms with E-state index in [-0.39, 0.29) is 24.4 Å². The van der Waals surface area contributed by atoms with Gasteiger partial charge in [0.1, 0.15) is 16.9 Å². The molecule has 1 aromatic carbocycles. The van der Waals surface area contributed by atoms with Crippen molar-refractivity contribution in [3.05, 3.63) is 42.2 Å². The number of methoxy groups -OCH3 is 1. The number of hydrogen-bond acceptors (Lipinski definition) is 9. The molecule has 3 aromatic rings. The minimum atomic E-state index is -1.46. The van der Waals surface area contributed by atoms with E-state index in [2.05, 4.69) is 30.9 Å². The standard InChI is InChI=1S/C24H26N6O4S.ClH/c1-34-20-12-26-16-3-2-4-17(21(16)30-20)28-23(32)24(33)9-7-14(8-10-24)25-11-15-5-6-18-22(27-15)29-19(31)13-35-18;/h2-6,12,14,25,33H,7-11,13H2,1H3,(H,28,32)(H,27,29,31);1H/t14-,24-;. The fourth-order valence-corrected chi connectivity index (χ4v) is 5.09. The number of carbonyl (C=O) groups excluding carboxylic acids is 2. The minimum absolute atomic E-state index is 0. The first-order chi connectivity index (χ1) is 16.9. The molecule has 10 nitrogen and oxygen atoms in total. The molecule has 0 unspecified atom stereocenters. The molecule has 2 aromatic heterocycles. The number of nitrogens with zero attached hydrogens (tertiary/aromatic N) is 3. The normalized spacial score (nSPS) is 21.2. The van der Waals surface area contributed by atoms with Gasteiger partial charge >= 0.3 is 0 Å². The Hall–Kier alpha value is -2.99. The van der Waals surface area contributed by atoms with E-state index in [4.69, 9.17) is 4.74 Å². The van der Waals surface area contributed by atoms with Crippen molar-refractivity contribution in [3.8, 4) is 5.88 Å². The van der Waals surface area contributed by atoms with Gasteiger partial charge in [-0.15, -0.1) is 24.2 Å². The third-order valence-electron chi connectivity index (χ3n) is 6.35. The first-order valence-electron chi connectivity index (χ1n) is 11.4. The highest BCUT2D eigenvalue weighted by Gasteiger charge is 2.40. The maximum Gasteiger partial charge on any atom is 0.256 e. The highest BCUT2D eigenvalue weighted by Crippen LogP contribution is 2.32. The maximum atomic E-state index is 13.0. The monoisotopic (exact) mass is 530 g/mol. The van der Waals surface area contributed by atoms with Gasteiger partial charge in [-0.05, 0) is 49.9 Å². The Balaban J connectivity index is 0.00000304. The second-order valence-electron chi connectivity index (χ2n) is 8.71. The number of rotatable bonds is 6. The Morgan fingerprint density at radius 2 is 2.06 bits per heavy atom. The molecule has 5 rings (SSSR count). The Kier molecular flexibility index (Phi) is 7.94. The van der Waals surface area contributed by atoms with Gasteiger partial charge < -0.3 is 25.8 Å². The number of benzene rings is 1. The fraction of sp³-hybridized carbons (Fsp3) is 0.375. The summed E-state index contributed by atoms with van der Waals surface area (Å²) in [5.74, 6) is 0.875. The summed E-state index contributed by atoms with van der Waals surface area (Å²) in [7, 11) is 1.50. The molecule has 0 spiro atoms. The number of nitrogens with one attached hydrogen (secondary N) is 3. The first kappa shape index (κ1) is 26.1. The summed E-state index contributed by atoms with van der Waals surface area (Å²) in [5.41, 5.74) is 0.982. The van der Waals surface area contributed by atoms with Gasteiger partial charge in [0, 0.05) is 12.6 Å². The molecule has 12 heteroatoms. The maximum absolute atomic E-state index is 13.0. The highest BCUT2D eigenvalue weighted by atomic mass is 35.5. The number of pyridine rings is 1. The van der Waals surface area contributed by atoms with E-state index in [0.29, 0.717) is 66.4 Å². The number of aromatic nitrogens is 3. The molecule has 0 radical (unpaired) electrons. The lowest BCUT2D eigenvalue weighted by Gasteiger charge is -2.35. The van der Waals surface area contributed by atoms with E-state index < -0.39 is 11.5 Å². The van der Waals surface area contributed by atoms with Gasteiger partial charge in [-0.2, -0.15) is 0 Å². The predicted octanol–water partition coefficient (Wildman–Crippen LogP) is 2.90. The van der Waals surface area contributed by atoms with Crippen LogP contribution in [0.2, 0.25) is 0 Å². The lowest BCUT2D eigenvalue weighted by atomic mass is 9.81. The number of ether oxygens (including phenoxy) is 1. The van der Waals surface area contributed by atoms with E-state index >= 15 is 0 Å². The van der Waals surface area contributed by atoms with Gasteiger partial charge in [0.25, 0.3) is 5.91 Å². The van der Waals surface area contributed by atoms with Crippen molar-refractivity contribution in [2.45, 2.75) is 48.8 Å². The van der Waals surface area contributed by atoms with E-state index in [0.717, 1.165) is 10.6 Å². The Morgan fingerprint density at radius 3 is 2.83 bits per heavy atom. The average Bonchev–Trinajstić information content (AvgIpc) is 2.88. The van der Waals surface area contributed by atoms with Crippen molar-refractivity contribution in [1.82, 2.24) is 20.3 Å². The van der Waals surface area contributed by atoms with Crippen LogP contribution in [0.25, 0.3) is 11.0 Å². The third kappa shape index (κ3) is 5.54. The molecule has 1 saturated carbocycles. The number of amides is 2. The topological polar surface area (TPSA) is 138 Å². The Bertz CT molecular complexity index is 1280. The average molecular weight is 531 g/mol. The number of carbonyl (C=O) groups is 2. The van der Waals surface area contributed by atoms with Crippen LogP contribution in [-0.4, -0.2) is 56.4 Å². The molecule has 4 N–H and O–H groups in total. The van der Waals surface area contributed by atoms with Gasteiger partial charge in [-0.3, -0.25) is 9.59 Å². The lowest BCUT2D eigenvalue weighted by Crippen LogP contribution is -2.48. The van der Waals surface area contributed by atoms with Crippen LogP contribution in [0.3, 0.4) is 0 Å². The van der Waals surface area contributed by atoms with Crippen LogP contribution in [0, 0.1) is 0 Å². The molecule has 0 atom stereocenters. The van der Waals surface area contributed by atoms with Gasteiger partial charge in [0.2, 0.25) is 11.8 Å². The van der Waals surface area contributed by atoms with E-state index in [1.807, 2.05) is 12.1 Å². The highest BCUT2D eigenvalue weighted by molar-refractivity contribution is 8.00. The van der Waals surface area contributed by atoms with Crippen LogP contribution in [0.5, 0.6) is 5.88 Å². The van der Waals surface area contributed by atoms with Crippen molar-refractivity contribution < 1.29 is 19.4 Å². The van der Waals surface area contributed by atoms with Gasteiger partial charge in [0.15, 0.2) is 0 Å². The van der Waals surface area contributed by atoms with Crippen molar-refractivity contribution in [3.63, 3.8) is 0 Å². The molecule has 190 valence electrons. The minimum Gasteiger partial charge on any atom is -0.480 e. The van der Waals surface area contributed by atoms with E-state index in [9.17, 15) is 14.7 Å². The molecule has 3 heterocycles. The number of anilines is 2. The Morgan fingerprint density at radius 1 is 1.25 bits per heavy atom. The number of hydrogen-bond donors (Lipinski definition) is 4. The smallest absolute Gasteiger partial charge is 0.256 e. The third-order valence-corrected chi connectivity index (χ3v) is 7.39. The quantitative estimate of drug-likeness (QED) is 0.379. The van der Waals surface area contributed by atoms with Crippen LogP contribution >= 0.6 is 24.2 Å². The molecular weight excluding hydrogens is 504 g/mol. The van der Waals surface area contributed by atoms with E-state index in [1.165, 1.54) is 25.1 Å². The van der Waals surface area contributed by atoms with Gasteiger partial charge in [-0.1, -0.05) is 6.07 Å². The SMILES string of the molecule is COc1cnc2cccc(NC(=O)[C@]3(O)CC[C@H](NCc4ccc5c(n4)NC(=O)CS5)CC3)c2n1.Cl. The molecule has 1 fully saturated rings. The van der Waals surface area contributed by atoms with Crippen molar-refractivity contribution in [1.29, 1.82) is 0 Å². The van der Waals surface area contributed by atoms with Gasteiger partial charge in [0.05, 0.1) is 40.9 Å². The zero-order chi connectivity index (χ0) is 24.4. The first-order valence-corrected chi connectivity index (χ1v) is 12.4. The number of thioether (sulfide) groups is 1. The molecule has 2 aliphatic rings. The zero-order valence-electron chi connectivity index (χ0n) is 19.6. The molecular formula is C24H27ClN6O4S. The summed E-state index contributed by atoms with van der Waals surface area (Å²) in [4.78, 5) is 38.8. The van der Waals surface area contributed by atoms with Crippen LogP contribution in [0.15, 0.2) is 41.4 Å². The summed E-state index contributed by atoms with van der Waals surface area (Å²) in [6.07, 6.45) is 3.47. The van der Waals surface area contributed by atoms with Crippen LogP contribution in [-0.2, 0) is 16.1 Å². The molecule has 0 saturated heterocycles. The number of fused-ring (bicyclic) bond motifs is 2. The zero-order valence-corrected chi connectivity index (χ0v) is 21.2. The van der Waals surface area contributed by atoms with Crippen LogP contribution in [0.4, 0.5) is 11.5 Å². The summed E-state index contributed by atoms with van der Waals surface area (Å²) in [6, 6.07) is 9.39. The number of aliphatic hydroxyl groups is 1. The largest absolute Gasteiger partial charge is 0.480 e. The lowest BCUT2D eigenvalue weighted by molar-refractivity contribution is -0.137. The van der Waals surface area contributed by atoms with Crippen molar-refractivity contribution >= 4 is 58.5 Å². The number of para-hydroxylation sites is 1. The van der Waals surface area contributed by atoms with E-state index in [1.54, 1.807) is 18.2 Å². The number of halogens is 1. The summed E-state index contributed by atoms with van der Waals surface area (Å²) < 4.78 is 5.15. The molecule has 1 aliphatic heterocycles. The Labute approximate surface area is 218 Å². The molecule has 1 aliphatic carbocycles. The molecule has 2 amide bonds. The second-order valence-corrected chi connectivity index (χ2v) is 9.73. The predicted molar refractivity (Wildman–Crippen MR) is 140 cm³/mol. The second kappa shape index (κ2) is 11.0. The molecule has 0 bridgehead atoms. The van der Waals surface area contributed by atoms with Crippen molar-refractivity contribution in [2.24, 2.45) is 0 Å². The van der Waals surface area contributed by atoms with Crippen LogP contribution in [0.1, 0.15) is 31.4 Å². The molecule has 36 heavy (non-hydrogen) atoms. The summed E-state index contributed by atoms with van der Waals surface area (Å²) in [6.45, 7) is 0.541. The van der Waals surface area contributed by atoms with Crippen molar-refractivity contribution in [2.75, 3.05) is 23.5 Å². The van der Waals surface area contributed by atoms with Crippen LogP contribution < -0.4 is 20.7 Å².